The largest absolute Gasteiger partial charge is 0.489 e. The van der Waals surface area contributed by atoms with Crippen LogP contribution in [-0.2, 0) is 35.6 Å². The average molecular weight is 841 g/mol. The molecule has 4 aliphatic rings. The molecular weight excluding hydrogens is 797 g/mol. The normalized spacial score (nSPS) is 18.6. The number of nitrogens with zero attached hydrogens (tertiary/aromatic N) is 3. The number of pyridine rings is 1. The lowest BCUT2D eigenvalue weighted by atomic mass is 9.92. The lowest BCUT2D eigenvalue weighted by Crippen LogP contribution is -2.54. The minimum atomic E-state index is -0.732. The van der Waals surface area contributed by atoms with Crippen LogP contribution in [0.5, 0.6) is 17.2 Å². The maximum absolute atomic E-state index is 14.3. The molecule has 2 N–H and O–H groups in total. The third-order valence-electron chi connectivity index (χ3n) is 11.5. The molecule has 10 nitrogen and oxygen atoms in total. The number of carbonyl (C=O) groups excluding carboxylic acids is 2. The van der Waals surface area contributed by atoms with Crippen LogP contribution < -0.4 is 24.8 Å². The van der Waals surface area contributed by atoms with Crippen molar-refractivity contribution in [3.8, 4) is 28.4 Å². The van der Waals surface area contributed by atoms with Crippen molar-refractivity contribution in [2.75, 3.05) is 13.2 Å². The van der Waals surface area contributed by atoms with E-state index in [9.17, 15) is 9.59 Å². The second-order valence-corrected chi connectivity index (χ2v) is 16.2. The van der Waals surface area contributed by atoms with Gasteiger partial charge >= 0.3 is 0 Å². The molecule has 60 heavy (non-hydrogen) atoms. The highest BCUT2D eigenvalue weighted by molar-refractivity contribution is 6.42. The molecule has 1 aromatic heterocycles. The maximum Gasteiger partial charge on any atom is 0.272 e. The lowest BCUT2D eigenvalue weighted by molar-refractivity contribution is -0.139. The van der Waals surface area contributed by atoms with Crippen LogP contribution in [0.4, 0.5) is 0 Å². The number of allylic oxidation sites excluding steroid dienone is 2. The van der Waals surface area contributed by atoms with E-state index >= 15 is 0 Å². The zero-order chi connectivity index (χ0) is 41.3. The van der Waals surface area contributed by atoms with E-state index in [1.54, 1.807) is 23.2 Å². The molecule has 0 saturated heterocycles. The Balaban J connectivity index is 0.888. The molecule has 0 fully saturated rings. The molecule has 12 heteroatoms. The van der Waals surface area contributed by atoms with Crippen molar-refractivity contribution in [1.29, 1.82) is 0 Å². The standard InChI is InChI=1S/C48H43Cl2N5O5/c1-29-30(2)51-19-17-38(29)33-9-6-31(7-10-33)16-18-52-47(56)42-22-35-23-43-44(24-36(35)25-55(42)48(57)41-26-54-20-4-3-5-46(54)53-41)60-45(28-59-43)34-11-13-37(14-12-34)58-27-32-8-15-39(49)40(50)21-32/h3-15,17,19-21,23-24,26,42,45-46,53H,16,18,22,25,27-28H2,1-2H3,(H,52,56). The van der Waals surface area contributed by atoms with E-state index in [1.165, 1.54) is 0 Å². The first-order valence-electron chi connectivity index (χ1n) is 20.0. The zero-order valence-corrected chi connectivity index (χ0v) is 34.7. The van der Waals surface area contributed by atoms with Crippen LogP contribution in [0.15, 0.2) is 127 Å². The molecule has 5 aromatic rings. The number of amides is 2. The van der Waals surface area contributed by atoms with Crippen LogP contribution in [0.2, 0.25) is 10.0 Å². The van der Waals surface area contributed by atoms with Gasteiger partial charge in [-0.3, -0.25) is 14.6 Å². The number of ether oxygens (including phenoxy) is 3. The van der Waals surface area contributed by atoms with Gasteiger partial charge in [0.05, 0.1) is 10.0 Å². The molecule has 9 rings (SSSR count). The molecule has 0 bridgehead atoms. The van der Waals surface area contributed by atoms with Crippen molar-refractivity contribution in [2.45, 2.75) is 58.2 Å². The zero-order valence-electron chi connectivity index (χ0n) is 33.2. The number of aromatic nitrogens is 1. The molecule has 0 radical (unpaired) electrons. The Morgan fingerprint density at radius 3 is 2.52 bits per heavy atom. The molecule has 3 unspecified atom stereocenters. The second-order valence-electron chi connectivity index (χ2n) is 15.4. The monoisotopic (exact) mass is 839 g/mol. The van der Waals surface area contributed by atoms with E-state index < -0.39 is 6.04 Å². The van der Waals surface area contributed by atoms with Gasteiger partial charge in [0.1, 0.15) is 36.9 Å². The summed E-state index contributed by atoms with van der Waals surface area (Å²) >= 11 is 12.2. The van der Waals surface area contributed by atoms with Gasteiger partial charge in [0.15, 0.2) is 17.6 Å². The van der Waals surface area contributed by atoms with E-state index in [1.807, 2.05) is 91.0 Å². The summed E-state index contributed by atoms with van der Waals surface area (Å²) in [6.45, 7) is 5.42. The van der Waals surface area contributed by atoms with Gasteiger partial charge in [-0.05, 0) is 119 Å². The molecule has 2 amide bonds. The van der Waals surface area contributed by atoms with E-state index in [4.69, 9.17) is 37.4 Å². The van der Waals surface area contributed by atoms with E-state index in [0.29, 0.717) is 65.6 Å². The first-order chi connectivity index (χ1) is 29.2. The van der Waals surface area contributed by atoms with Gasteiger partial charge in [-0.2, -0.15) is 0 Å². The smallest absolute Gasteiger partial charge is 0.272 e. The third-order valence-corrected chi connectivity index (χ3v) is 12.2. The van der Waals surface area contributed by atoms with Crippen molar-refractivity contribution >= 4 is 35.0 Å². The summed E-state index contributed by atoms with van der Waals surface area (Å²) in [4.78, 5) is 36.4. The second kappa shape index (κ2) is 16.8. The van der Waals surface area contributed by atoms with Gasteiger partial charge in [-0.1, -0.05) is 71.7 Å². The molecule has 4 aromatic carbocycles. The molecule has 4 aliphatic heterocycles. The molecule has 0 spiro atoms. The van der Waals surface area contributed by atoms with Gasteiger partial charge in [0.25, 0.3) is 5.91 Å². The molecular formula is C48H43Cl2N5O5. The summed E-state index contributed by atoms with van der Waals surface area (Å²) in [5.41, 5.74) is 9.68. The van der Waals surface area contributed by atoms with Crippen molar-refractivity contribution in [3.05, 3.63) is 177 Å². The van der Waals surface area contributed by atoms with Crippen LogP contribution in [0.25, 0.3) is 11.1 Å². The summed E-state index contributed by atoms with van der Waals surface area (Å²) in [7, 11) is 0. The van der Waals surface area contributed by atoms with Crippen LogP contribution in [-0.4, -0.2) is 52.0 Å². The Hall–Kier alpha value is -6.23. The number of hydrogen-bond donors (Lipinski definition) is 2. The predicted octanol–water partition coefficient (Wildman–Crippen LogP) is 8.53. The number of benzene rings is 4. The molecule has 304 valence electrons. The highest BCUT2D eigenvalue weighted by Crippen LogP contribution is 2.41. The fourth-order valence-corrected chi connectivity index (χ4v) is 8.28. The van der Waals surface area contributed by atoms with Crippen molar-refractivity contribution < 1.29 is 23.8 Å². The van der Waals surface area contributed by atoms with Crippen LogP contribution >= 0.6 is 23.2 Å². The maximum atomic E-state index is 14.3. The van der Waals surface area contributed by atoms with Gasteiger partial charge in [0, 0.05) is 43.8 Å². The highest BCUT2D eigenvalue weighted by Gasteiger charge is 2.39. The summed E-state index contributed by atoms with van der Waals surface area (Å²) in [6, 6.07) is 26.8. The van der Waals surface area contributed by atoms with Gasteiger partial charge in [-0.25, -0.2) is 0 Å². The summed E-state index contributed by atoms with van der Waals surface area (Å²) in [5.74, 6) is 1.45. The number of fused-ring (bicyclic) bond motifs is 3. The minimum absolute atomic E-state index is 0.158. The molecule has 3 atom stereocenters. The van der Waals surface area contributed by atoms with Crippen molar-refractivity contribution in [1.82, 2.24) is 25.4 Å². The van der Waals surface area contributed by atoms with Crippen LogP contribution in [0.1, 0.15) is 45.2 Å². The number of rotatable bonds is 10. The van der Waals surface area contributed by atoms with Gasteiger partial charge < -0.3 is 34.6 Å². The van der Waals surface area contributed by atoms with E-state index in [2.05, 4.69) is 46.8 Å². The Morgan fingerprint density at radius 1 is 0.917 bits per heavy atom. The average Bonchev–Trinajstić information content (AvgIpc) is 3.71. The molecule has 5 heterocycles. The number of aryl methyl sites for hydroxylation is 1. The minimum Gasteiger partial charge on any atom is -0.489 e. The Morgan fingerprint density at radius 2 is 1.72 bits per heavy atom. The van der Waals surface area contributed by atoms with Crippen molar-refractivity contribution in [3.63, 3.8) is 0 Å². The lowest BCUT2D eigenvalue weighted by Gasteiger charge is -2.37. The predicted molar refractivity (Wildman–Crippen MR) is 232 cm³/mol. The quantitative estimate of drug-likeness (QED) is 0.144. The highest BCUT2D eigenvalue weighted by atomic mass is 35.5. The Kier molecular flexibility index (Phi) is 11.0. The summed E-state index contributed by atoms with van der Waals surface area (Å²) < 4.78 is 18.8. The fraction of sp³-hybridized carbons (Fsp3) is 0.229. The van der Waals surface area contributed by atoms with Crippen molar-refractivity contribution in [2.24, 2.45) is 0 Å². The number of hydrogen-bond acceptors (Lipinski definition) is 8. The third kappa shape index (κ3) is 8.17. The SMILES string of the molecule is Cc1nccc(-c2ccc(CCNC(=O)C3Cc4cc5c(cc4CN3C(=O)C3=CN4C=CC=CC4N3)OC(c3ccc(OCc4ccc(Cl)c(Cl)c4)cc3)CO5)cc2)c1C. The van der Waals surface area contributed by atoms with Gasteiger partial charge in [0.2, 0.25) is 5.91 Å². The Labute approximate surface area is 359 Å². The molecule has 0 saturated carbocycles. The Bertz CT molecular complexity index is 2560. The topological polar surface area (TPSA) is 105 Å². The fourth-order valence-electron chi connectivity index (χ4n) is 7.96. The van der Waals surface area contributed by atoms with E-state index in [0.717, 1.165) is 50.2 Å². The molecule has 0 aliphatic carbocycles. The van der Waals surface area contributed by atoms with Gasteiger partial charge in [-0.15, -0.1) is 0 Å². The summed E-state index contributed by atoms with van der Waals surface area (Å²) in [6.07, 6.45) is 11.9. The number of halogens is 2. The number of carbonyl (C=O) groups is 2. The first-order valence-corrected chi connectivity index (χ1v) is 20.8. The van der Waals surface area contributed by atoms with Crippen LogP contribution in [0.3, 0.4) is 0 Å². The van der Waals surface area contributed by atoms with Crippen LogP contribution in [0, 0.1) is 13.8 Å². The van der Waals surface area contributed by atoms with E-state index in [-0.39, 0.29) is 30.6 Å². The number of nitrogens with one attached hydrogen (secondary N) is 2. The summed E-state index contributed by atoms with van der Waals surface area (Å²) in [5, 5.41) is 7.45. The first kappa shape index (κ1) is 39.2.